The summed E-state index contributed by atoms with van der Waals surface area (Å²) in [6.45, 7) is -0.198. The topological polar surface area (TPSA) is 117 Å². The summed E-state index contributed by atoms with van der Waals surface area (Å²) >= 11 is 3.07. The van der Waals surface area contributed by atoms with Crippen molar-refractivity contribution in [1.29, 1.82) is 0 Å². The first-order chi connectivity index (χ1) is 24.4. The van der Waals surface area contributed by atoms with Gasteiger partial charge in [0.25, 0.3) is 5.91 Å². The van der Waals surface area contributed by atoms with Crippen LogP contribution in [-0.2, 0) is 14.3 Å². The Balaban J connectivity index is 0.000000169. The molecule has 0 unspecified atom stereocenters. The molecule has 2 saturated carbocycles. The van der Waals surface area contributed by atoms with Crippen molar-refractivity contribution in [2.75, 3.05) is 6.61 Å². The van der Waals surface area contributed by atoms with Crippen molar-refractivity contribution in [3.05, 3.63) is 106 Å². The highest BCUT2D eigenvalue weighted by atomic mass is 32.1. The Kier molecular flexibility index (Phi) is 10.1. The molecule has 3 aromatic carbocycles. The third-order valence-electron chi connectivity index (χ3n) is 10.0. The second-order valence-electron chi connectivity index (χ2n) is 13.4. The molecule has 258 valence electrons. The highest BCUT2D eigenvalue weighted by molar-refractivity contribution is 7.21. The van der Waals surface area contributed by atoms with Crippen molar-refractivity contribution in [1.82, 2.24) is 10.6 Å². The maximum absolute atomic E-state index is 13.4. The van der Waals surface area contributed by atoms with Crippen LogP contribution in [0.25, 0.3) is 20.2 Å². The monoisotopic (exact) mass is 707 g/mol. The summed E-state index contributed by atoms with van der Waals surface area (Å²) in [7, 11) is 0. The molecule has 8 nitrogen and oxygen atoms in total. The maximum Gasteiger partial charge on any atom is 0.340 e. The van der Waals surface area contributed by atoms with E-state index in [1.165, 1.54) is 27.8 Å². The second-order valence-corrected chi connectivity index (χ2v) is 15.6. The maximum atomic E-state index is 13.4. The second kappa shape index (κ2) is 14.8. The summed E-state index contributed by atoms with van der Waals surface area (Å²) in [5.41, 5.74) is -0.688. The lowest BCUT2D eigenvalue weighted by Crippen LogP contribution is -2.60. The summed E-state index contributed by atoms with van der Waals surface area (Å²) in [4.78, 5) is 44.9. The molecule has 3 heterocycles. The third-order valence-corrected chi connectivity index (χ3v) is 12.3. The van der Waals surface area contributed by atoms with Crippen LogP contribution in [0.1, 0.15) is 90.4 Å². The summed E-state index contributed by atoms with van der Waals surface area (Å²) in [6.07, 6.45) is 9.02. The minimum absolute atomic E-state index is 0.148. The van der Waals surface area contributed by atoms with Crippen LogP contribution in [0.15, 0.2) is 96.0 Å². The van der Waals surface area contributed by atoms with Gasteiger partial charge in [0.2, 0.25) is 11.8 Å². The lowest BCUT2D eigenvalue weighted by molar-refractivity contribution is -0.140. The van der Waals surface area contributed by atoms with Crippen LogP contribution in [0, 0.1) is 0 Å². The Morgan fingerprint density at radius 2 is 1.38 bits per heavy atom. The van der Waals surface area contributed by atoms with Crippen molar-refractivity contribution in [2.45, 2.75) is 81.3 Å². The fourth-order valence-corrected chi connectivity index (χ4v) is 9.19. The number of thiophene rings is 2. The quantitative estimate of drug-likeness (QED) is 0.148. The molecule has 2 aromatic heterocycles. The van der Waals surface area contributed by atoms with E-state index in [4.69, 9.17) is 4.74 Å². The molecule has 0 bridgehead atoms. The van der Waals surface area contributed by atoms with Crippen LogP contribution in [0.2, 0.25) is 0 Å². The van der Waals surface area contributed by atoms with E-state index in [0.29, 0.717) is 23.6 Å². The molecule has 3 aliphatic rings. The molecule has 50 heavy (non-hydrogen) atoms. The number of aliphatic imine (C=N–C) groups is 1. The molecule has 0 saturated heterocycles. The number of nitrogens with one attached hydrogen (secondary N) is 2. The number of hydrogen-bond donors (Lipinski definition) is 3. The van der Waals surface area contributed by atoms with Crippen LogP contribution in [0.3, 0.4) is 0 Å². The number of benzene rings is 3. The van der Waals surface area contributed by atoms with Crippen molar-refractivity contribution in [2.24, 2.45) is 4.99 Å². The number of amides is 2. The fraction of sp³-hybridized carbons (Fsp3) is 0.350. The number of ether oxygens (including phenoxy) is 1. The SMILES string of the molecule is O=C(NC1(C(=O)N[C@H](CO)c2ccccc2)CCCCC1)c1cc2ccccc2s1.O=C1OC(c2cc3ccccc3s2)=NC12CCCCC2. The molecule has 8 rings (SSSR count). The van der Waals surface area contributed by atoms with Crippen LogP contribution < -0.4 is 10.6 Å². The predicted octanol–water partition coefficient (Wildman–Crippen LogP) is 8.09. The van der Waals surface area contributed by atoms with E-state index in [2.05, 4.69) is 33.8 Å². The smallest absolute Gasteiger partial charge is 0.340 e. The van der Waals surface area contributed by atoms with E-state index in [9.17, 15) is 19.5 Å². The van der Waals surface area contributed by atoms with Gasteiger partial charge in [0.1, 0.15) is 5.54 Å². The Labute approximate surface area is 299 Å². The van der Waals surface area contributed by atoms with Gasteiger partial charge in [0.05, 0.1) is 22.4 Å². The van der Waals surface area contributed by atoms with Gasteiger partial charge in [-0.3, -0.25) is 9.59 Å². The number of aliphatic hydroxyl groups is 1. The molecular formula is C40H41N3O5S2. The molecule has 10 heteroatoms. The Hall–Kier alpha value is -4.38. The van der Waals surface area contributed by atoms with Gasteiger partial charge in [-0.05, 0) is 66.3 Å². The van der Waals surface area contributed by atoms with Gasteiger partial charge < -0.3 is 20.5 Å². The third kappa shape index (κ3) is 7.10. The van der Waals surface area contributed by atoms with Gasteiger partial charge in [-0.25, -0.2) is 9.79 Å². The summed E-state index contributed by atoms with van der Waals surface area (Å²) in [5.74, 6) is -0.0594. The molecule has 0 radical (unpaired) electrons. The standard InChI is InChI=1S/C24H26N2O3S.C16H15NO2S/c27-16-19(17-9-3-1-4-10-17)25-23(29)24(13-7-2-8-14-24)26-22(28)21-15-18-11-5-6-12-20(18)30-21;18-15-16(8-4-1-5-9-16)17-14(19-15)13-10-11-6-2-3-7-12(11)20-13/h1,3-6,9-12,15,19,27H,2,7-8,13-14,16H2,(H,25,29)(H,26,28);2-3,6-7,10H,1,4-5,8-9H2/t19-;/m1./s1. The number of nitrogens with zero attached hydrogens (tertiary/aromatic N) is 1. The van der Waals surface area contributed by atoms with Crippen LogP contribution in [-0.4, -0.2) is 46.5 Å². The normalized spacial score (nSPS) is 18.5. The van der Waals surface area contributed by atoms with Crippen molar-refractivity contribution < 1.29 is 24.2 Å². The molecular weight excluding hydrogens is 667 g/mol. The summed E-state index contributed by atoms with van der Waals surface area (Å²) in [5, 5.41) is 18.1. The van der Waals surface area contributed by atoms with Gasteiger partial charge in [0, 0.05) is 9.40 Å². The van der Waals surface area contributed by atoms with Gasteiger partial charge in [-0.1, -0.05) is 105 Å². The number of esters is 1. The molecule has 2 aliphatic carbocycles. The molecule has 3 N–H and O–H groups in total. The fourth-order valence-electron chi connectivity index (χ4n) is 7.24. The van der Waals surface area contributed by atoms with Gasteiger partial charge in [-0.2, -0.15) is 0 Å². The highest BCUT2D eigenvalue weighted by Gasteiger charge is 2.47. The van der Waals surface area contributed by atoms with Gasteiger partial charge >= 0.3 is 5.97 Å². The number of carbonyl (C=O) groups excluding carboxylic acids is 3. The van der Waals surface area contributed by atoms with E-state index in [-0.39, 0.29) is 24.4 Å². The zero-order valence-corrected chi connectivity index (χ0v) is 29.5. The van der Waals surface area contributed by atoms with E-state index in [1.807, 2.05) is 72.8 Å². The predicted molar refractivity (Wildman–Crippen MR) is 200 cm³/mol. The van der Waals surface area contributed by atoms with Crippen molar-refractivity contribution >= 4 is 66.5 Å². The minimum atomic E-state index is -0.951. The minimum Gasteiger partial charge on any atom is -0.404 e. The zero-order valence-electron chi connectivity index (χ0n) is 27.9. The summed E-state index contributed by atoms with van der Waals surface area (Å²) in [6, 6.07) is 28.9. The van der Waals surface area contributed by atoms with Crippen molar-refractivity contribution in [3.63, 3.8) is 0 Å². The van der Waals surface area contributed by atoms with E-state index >= 15 is 0 Å². The largest absolute Gasteiger partial charge is 0.404 e. The zero-order chi connectivity index (χ0) is 34.6. The lowest BCUT2D eigenvalue weighted by atomic mass is 9.80. The highest BCUT2D eigenvalue weighted by Crippen LogP contribution is 2.39. The number of fused-ring (bicyclic) bond motifs is 2. The van der Waals surface area contributed by atoms with E-state index in [0.717, 1.165) is 65.5 Å². The molecule has 1 spiro atoms. The first kappa shape index (κ1) is 34.1. The van der Waals surface area contributed by atoms with E-state index in [1.54, 1.807) is 11.3 Å². The van der Waals surface area contributed by atoms with Crippen LogP contribution >= 0.6 is 22.7 Å². The molecule has 5 aromatic rings. The van der Waals surface area contributed by atoms with E-state index < -0.39 is 17.1 Å². The molecule has 2 amide bonds. The van der Waals surface area contributed by atoms with Gasteiger partial charge in [0.15, 0.2) is 5.54 Å². The average molecular weight is 708 g/mol. The van der Waals surface area contributed by atoms with Crippen LogP contribution in [0.5, 0.6) is 0 Å². The molecule has 1 atom stereocenters. The number of carbonyl (C=O) groups is 3. The van der Waals surface area contributed by atoms with Crippen LogP contribution in [0.4, 0.5) is 0 Å². The Morgan fingerprint density at radius 1 is 0.780 bits per heavy atom. The number of aliphatic hydroxyl groups excluding tert-OH is 1. The van der Waals surface area contributed by atoms with Crippen molar-refractivity contribution in [3.8, 4) is 0 Å². The molecule has 1 aliphatic heterocycles. The first-order valence-corrected chi connectivity index (χ1v) is 19.1. The average Bonchev–Trinajstić information content (AvgIpc) is 3.87. The molecule has 2 fully saturated rings. The number of rotatable bonds is 7. The Bertz CT molecular complexity index is 1960. The van der Waals surface area contributed by atoms with Gasteiger partial charge in [-0.15, -0.1) is 22.7 Å². The first-order valence-electron chi connectivity index (χ1n) is 17.5. The summed E-state index contributed by atoms with van der Waals surface area (Å²) < 4.78 is 7.74. The number of hydrogen-bond acceptors (Lipinski definition) is 8. The number of cyclic esters (lactones) is 1. The lowest BCUT2D eigenvalue weighted by Gasteiger charge is -2.37. The Morgan fingerprint density at radius 3 is 2.02 bits per heavy atom.